The van der Waals surface area contributed by atoms with Crippen molar-refractivity contribution >= 4 is 27.5 Å². The number of carbonyl (C=O) groups excluding carboxylic acids is 2. The summed E-state index contributed by atoms with van der Waals surface area (Å²) in [7, 11) is -2.56. The first-order valence-corrected chi connectivity index (χ1v) is 16.9. The Balaban J connectivity index is 1.75. The number of amides is 2. The Kier molecular flexibility index (Phi) is 11.1. The Morgan fingerprint density at radius 3 is 2.27 bits per heavy atom. The van der Waals surface area contributed by atoms with Gasteiger partial charge in [-0.25, -0.2) is 8.42 Å². The van der Waals surface area contributed by atoms with Crippen molar-refractivity contribution in [3.05, 3.63) is 89.0 Å². The number of anilines is 1. The Bertz CT molecular complexity index is 1550. The van der Waals surface area contributed by atoms with Gasteiger partial charge in [0.1, 0.15) is 18.3 Å². The number of aryl methyl sites for hydroxylation is 3. The molecule has 0 aliphatic heterocycles. The number of methoxy groups -OCH3 is 1. The highest BCUT2D eigenvalue weighted by atomic mass is 32.2. The molecule has 1 aliphatic rings. The predicted octanol–water partition coefficient (Wildman–Crippen LogP) is 6.07. The molecule has 0 aromatic heterocycles. The molecule has 1 fully saturated rings. The fourth-order valence-electron chi connectivity index (χ4n) is 5.77. The standard InChI is InChI=1S/C35H45N3O5S/c1-6-32(35(40)36-29-12-8-7-9-13-29)37(23-28-11-10-14-30(22-28)43-5)34(39)24-38(33-21-26(3)15-18-27(33)4)44(41,42)31-19-16-25(2)17-20-31/h10-11,14-22,29,32H,6-9,12-13,23-24H2,1-5H3,(H,36,40)/t32-/m1/s1. The maximum Gasteiger partial charge on any atom is 0.264 e. The minimum Gasteiger partial charge on any atom is -0.497 e. The Labute approximate surface area is 262 Å². The van der Waals surface area contributed by atoms with Crippen LogP contribution in [0.1, 0.15) is 67.7 Å². The highest BCUT2D eigenvalue weighted by molar-refractivity contribution is 7.92. The van der Waals surface area contributed by atoms with Crippen molar-refractivity contribution in [2.24, 2.45) is 0 Å². The third kappa shape index (κ3) is 8.00. The lowest BCUT2D eigenvalue weighted by Gasteiger charge is -2.35. The van der Waals surface area contributed by atoms with Crippen molar-refractivity contribution in [2.75, 3.05) is 18.0 Å². The minimum absolute atomic E-state index is 0.0763. The van der Waals surface area contributed by atoms with Crippen molar-refractivity contribution in [2.45, 2.75) is 89.7 Å². The average molecular weight is 620 g/mol. The highest BCUT2D eigenvalue weighted by Crippen LogP contribution is 2.29. The summed E-state index contributed by atoms with van der Waals surface area (Å²) in [6.07, 6.45) is 5.50. The van der Waals surface area contributed by atoms with Crippen LogP contribution in [-0.4, -0.2) is 50.9 Å². The molecule has 0 saturated heterocycles. The van der Waals surface area contributed by atoms with Crippen LogP contribution in [-0.2, 0) is 26.2 Å². The quantitative estimate of drug-likeness (QED) is 0.266. The normalized spacial score (nSPS) is 14.5. The lowest BCUT2D eigenvalue weighted by Crippen LogP contribution is -2.54. The second-order valence-corrected chi connectivity index (χ2v) is 13.6. The molecule has 0 bridgehead atoms. The van der Waals surface area contributed by atoms with Crippen LogP contribution < -0.4 is 14.4 Å². The summed E-state index contributed by atoms with van der Waals surface area (Å²) < 4.78 is 35.0. The van der Waals surface area contributed by atoms with E-state index in [-0.39, 0.29) is 23.4 Å². The van der Waals surface area contributed by atoms with Crippen LogP contribution in [0.15, 0.2) is 71.6 Å². The Morgan fingerprint density at radius 2 is 1.61 bits per heavy atom. The van der Waals surface area contributed by atoms with Gasteiger partial charge in [0, 0.05) is 12.6 Å². The smallest absolute Gasteiger partial charge is 0.264 e. The lowest BCUT2D eigenvalue weighted by molar-refractivity contribution is -0.140. The van der Waals surface area contributed by atoms with E-state index in [0.717, 1.165) is 54.4 Å². The molecule has 0 heterocycles. The zero-order valence-corrected chi connectivity index (χ0v) is 27.3. The van der Waals surface area contributed by atoms with Crippen LogP contribution >= 0.6 is 0 Å². The molecule has 1 N–H and O–H groups in total. The SMILES string of the molecule is CC[C@H](C(=O)NC1CCCCC1)N(Cc1cccc(OC)c1)C(=O)CN(c1cc(C)ccc1C)S(=O)(=O)c1ccc(C)cc1. The molecule has 3 aromatic carbocycles. The van der Waals surface area contributed by atoms with E-state index in [1.165, 1.54) is 9.21 Å². The molecule has 1 saturated carbocycles. The predicted molar refractivity (Wildman–Crippen MR) is 174 cm³/mol. The molecule has 0 spiro atoms. The topological polar surface area (TPSA) is 96.0 Å². The maximum atomic E-state index is 14.4. The molecule has 8 nitrogen and oxygen atoms in total. The van der Waals surface area contributed by atoms with Crippen LogP contribution in [0.2, 0.25) is 0 Å². The number of hydrogen-bond acceptors (Lipinski definition) is 5. The summed E-state index contributed by atoms with van der Waals surface area (Å²) in [4.78, 5) is 29.8. The van der Waals surface area contributed by atoms with Crippen molar-refractivity contribution in [1.82, 2.24) is 10.2 Å². The van der Waals surface area contributed by atoms with E-state index in [2.05, 4.69) is 5.32 Å². The summed E-state index contributed by atoms with van der Waals surface area (Å²) in [5.74, 6) is -0.0426. The first kappa shape index (κ1) is 33.1. The van der Waals surface area contributed by atoms with E-state index in [1.807, 2.05) is 64.1 Å². The molecule has 4 rings (SSSR count). The van der Waals surface area contributed by atoms with E-state index in [4.69, 9.17) is 4.74 Å². The fraction of sp³-hybridized carbons (Fsp3) is 0.429. The second-order valence-electron chi connectivity index (χ2n) is 11.8. The van der Waals surface area contributed by atoms with Gasteiger partial charge in [-0.3, -0.25) is 13.9 Å². The zero-order chi connectivity index (χ0) is 31.9. The molecule has 9 heteroatoms. The number of hydrogen-bond donors (Lipinski definition) is 1. The van der Waals surface area contributed by atoms with Gasteiger partial charge in [-0.15, -0.1) is 0 Å². The Morgan fingerprint density at radius 1 is 0.932 bits per heavy atom. The molecular weight excluding hydrogens is 574 g/mol. The molecule has 0 unspecified atom stereocenters. The Hall–Kier alpha value is -3.85. The van der Waals surface area contributed by atoms with Gasteiger partial charge in [0.2, 0.25) is 11.8 Å². The van der Waals surface area contributed by atoms with Gasteiger partial charge in [-0.2, -0.15) is 0 Å². The van der Waals surface area contributed by atoms with Gasteiger partial charge in [0.15, 0.2) is 0 Å². The second kappa shape index (κ2) is 14.8. The lowest BCUT2D eigenvalue weighted by atomic mass is 9.95. The average Bonchev–Trinajstić information content (AvgIpc) is 3.01. The van der Waals surface area contributed by atoms with Crippen LogP contribution in [0.5, 0.6) is 5.75 Å². The molecule has 236 valence electrons. The van der Waals surface area contributed by atoms with E-state index in [0.29, 0.717) is 17.9 Å². The van der Waals surface area contributed by atoms with Crippen molar-refractivity contribution < 1.29 is 22.7 Å². The molecular formula is C35H45N3O5S. The summed E-state index contributed by atoms with van der Waals surface area (Å²) in [5.41, 5.74) is 3.73. The van der Waals surface area contributed by atoms with E-state index >= 15 is 0 Å². The summed E-state index contributed by atoms with van der Waals surface area (Å²) in [5, 5.41) is 3.19. The molecule has 3 aromatic rings. The van der Waals surface area contributed by atoms with Crippen LogP contribution in [0.25, 0.3) is 0 Å². The summed E-state index contributed by atoms with van der Waals surface area (Å²) in [6, 6.07) is 18.8. The fourth-order valence-corrected chi connectivity index (χ4v) is 7.24. The number of carbonyl (C=O) groups is 2. The number of rotatable bonds is 12. The van der Waals surface area contributed by atoms with E-state index in [1.54, 1.807) is 37.4 Å². The van der Waals surface area contributed by atoms with E-state index < -0.39 is 28.5 Å². The third-order valence-corrected chi connectivity index (χ3v) is 10.1. The molecule has 44 heavy (non-hydrogen) atoms. The summed E-state index contributed by atoms with van der Waals surface area (Å²) in [6.45, 7) is 7.15. The monoisotopic (exact) mass is 619 g/mol. The third-order valence-electron chi connectivity index (χ3n) is 8.35. The molecule has 1 aliphatic carbocycles. The van der Waals surface area contributed by atoms with Gasteiger partial charge >= 0.3 is 0 Å². The van der Waals surface area contributed by atoms with Crippen molar-refractivity contribution in [3.63, 3.8) is 0 Å². The number of sulfonamides is 1. The molecule has 0 radical (unpaired) electrons. The number of benzene rings is 3. The van der Waals surface area contributed by atoms with Gasteiger partial charge in [-0.05, 0) is 87.1 Å². The van der Waals surface area contributed by atoms with Crippen molar-refractivity contribution in [1.29, 1.82) is 0 Å². The van der Waals surface area contributed by atoms with Crippen LogP contribution in [0.3, 0.4) is 0 Å². The number of nitrogens with one attached hydrogen (secondary N) is 1. The van der Waals surface area contributed by atoms with Gasteiger partial charge in [-0.1, -0.05) is 68.1 Å². The zero-order valence-electron chi connectivity index (χ0n) is 26.5. The van der Waals surface area contributed by atoms with Crippen LogP contribution in [0.4, 0.5) is 5.69 Å². The van der Waals surface area contributed by atoms with Gasteiger partial charge < -0.3 is 15.0 Å². The molecule has 2 amide bonds. The number of ether oxygens (including phenoxy) is 1. The first-order valence-electron chi connectivity index (χ1n) is 15.4. The van der Waals surface area contributed by atoms with E-state index in [9.17, 15) is 18.0 Å². The highest BCUT2D eigenvalue weighted by Gasteiger charge is 2.35. The van der Waals surface area contributed by atoms with Crippen LogP contribution in [0, 0.1) is 20.8 Å². The largest absolute Gasteiger partial charge is 0.497 e. The van der Waals surface area contributed by atoms with Crippen molar-refractivity contribution in [3.8, 4) is 5.75 Å². The van der Waals surface area contributed by atoms with Gasteiger partial charge in [0.25, 0.3) is 10.0 Å². The maximum absolute atomic E-state index is 14.4. The first-order chi connectivity index (χ1) is 21.0. The van der Waals surface area contributed by atoms with Gasteiger partial charge in [0.05, 0.1) is 17.7 Å². The summed E-state index contributed by atoms with van der Waals surface area (Å²) >= 11 is 0. The minimum atomic E-state index is -4.13. The number of nitrogens with zero attached hydrogens (tertiary/aromatic N) is 2. The molecule has 1 atom stereocenters.